The molecule has 3 nitrogen and oxygen atoms in total. The Morgan fingerprint density at radius 2 is 2.45 bits per heavy atom. The lowest BCUT2D eigenvalue weighted by atomic mass is 10.3. The van der Waals surface area contributed by atoms with Gasteiger partial charge in [0.2, 0.25) is 0 Å². The standard InChI is InChI=1S/C7H15N3S/c1-4-6-5-8-7(11-6)9-10(2)3/h6H,4-5H2,1-3H3,(H,8,9). The van der Waals surface area contributed by atoms with Crippen LogP contribution < -0.4 is 5.43 Å². The van der Waals surface area contributed by atoms with Crippen LogP contribution in [0.2, 0.25) is 0 Å². The lowest BCUT2D eigenvalue weighted by Crippen LogP contribution is -2.33. The summed E-state index contributed by atoms with van der Waals surface area (Å²) in [5, 5.41) is 3.67. The molecule has 11 heavy (non-hydrogen) atoms. The summed E-state index contributed by atoms with van der Waals surface area (Å²) in [6, 6.07) is 0. The summed E-state index contributed by atoms with van der Waals surface area (Å²) in [6.45, 7) is 3.17. The number of hydrogen-bond donors (Lipinski definition) is 1. The van der Waals surface area contributed by atoms with Gasteiger partial charge >= 0.3 is 0 Å². The van der Waals surface area contributed by atoms with Crippen LogP contribution in [-0.4, -0.2) is 36.1 Å². The number of hydrazine groups is 1. The van der Waals surface area contributed by atoms with E-state index in [4.69, 9.17) is 0 Å². The highest BCUT2D eigenvalue weighted by Gasteiger charge is 2.17. The minimum Gasteiger partial charge on any atom is -0.298 e. The number of rotatable bonds is 2. The third-order valence-electron chi connectivity index (χ3n) is 1.49. The number of nitrogens with zero attached hydrogens (tertiary/aromatic N) is 2. The van der Waals surface area contributed by atoms with Crippen molar-refractivity contribution in [2.75, 3.05) is 20.6 Å². The van der Waals surface area contributed by atoms with Gasteiger partial charge in [-0.1, -0.05) is 18.7 Å². The Bertz CT molecular complexity index is 156. The van der Waals surface area contributed by atoms with Gasteiger partial charge < -0.3 is 0 Å². The number of nitrogens with one attached hydrogen (secondary N) is 1. The van der Waals surface area contributed by atoms with Gasteiger partial charge in [0.1, 0.15) is 0 Å². The first-order valence-electron chi connectivity index (χ1n) is 3.87. The molecular weight excluding hydrogens is 158 g/mol. The minimum absolute atomic E-state index is 0.692. The molecule has 1 unspecified atom stereocenters. The molecular formula is C7H15N3S. The molecule has 0 saturated carbocycles. The molecule has 0 aromatic carbocycles. The first kappa shape index (κ1) is 8.87. The van der Waals surface area contributed by atoms with Crippen LogP contribution in [0.3, 0.4) is 0 Å². The van der Waals surface area contributed by atoms with Crippen molar-refractivity contribution < 1.29 is 0 Å². The fourth-order valence-corrected chi connectivity index (χ4v) is 1.90. The van der Waals surface area contributed by atoms with Crippen molar-refractivity contribution >= 4 is 16.9 Å². The van der Waals surface area contributed by atoms with Gasteiger partial charge in [0, 0.05) is 19.3 Å². The van der Waals surface area contributed by atoms with Crippen molar-refractivity contribution in [2.45, 2.75) is 18.6 Å². The number of hydrogen-bond acceptors (Lipinski definition) is 4. The zero-order chi connectivity index (χ0) is 8.27. The largest absolute Gasteiger partial charge is 0.298 e. The predicted octanol–water partition coefficient (Wildman–Crippen LogP) is 0.934. The van der Waals surface area contributed by atoms with Crippen molar-refractivity contribution in [2.24, 2.45) is 4.99 Å². The van der Waals surface area contributed by atoms with Gasteiger partial charge in [-0.2, -0.15) is 0 Å². The molecule has 0 bridgehead atoms. The highest BCUT2D eigenvalue weighted by molar-refractivity contribution is 8.14. The highest BCUT2D eigenvalue weighted by Crippen LogP contribution is 2.21. The van der Waals surface area contributed by atoms with Crippen LogP contribution in [0, 0.1) is 0 Å². The molecule has 1 rings (SSSR count). The van der Waals surface area contributed by atoms with Crippen LogP contribution in [0.1, 0.15) is 13.3 Å². The molecule has 0 aromatic rings. The van der Waals surface area contributed by atoms with Crippen molar-refractivity contribution in [1.82, 2.24) is 10.4 Å². The van der Waals surface area contributed by atoms with Crippen molar-refractivity contribution in [1.29, 1.82) is 0 Å². The van der Waals surface area contributed by atoms with Crippen molar-refractivity contribution in [3.8, 4) is 0 Å². The molecule has 0 aliphatic carbocycles. The molecule has 1 aliphatic heterocycles. The molecule has 0 aromatic heterocycles. The minimum atomic E-state index is 0.692. The maximum atomic E-state index is 4.35. The van der Waals surface area contributed by atoms with E-state index >= 15 is 0 Å². The average molecular weight is 173 g/mol. The van der Waals surface area contributed by atoms with Crippen LogP contribution in [0.15, 0.2) is 4.99 Å². The van der Waals surface area contributed by atoms with Crippen molar-refractivity contribution in [3.05, 3.63) is 0 Å². The Hall–Kier alpha value is -0.220. The molecule has 0 radical (unpaired) electrons. The van der Waals surface area contributed by atoms with E-state index in [1.54, 1.807) is 0 Å². The smallest absolute Gasteiger partial charge is 0.171 e. The first-order chi connectivity index (χ1) is 5.22. The summed E-state index contributed by atoms with van der Waals surface area (Å²) in [4.78, 5) is 4.35. The summed E-state index contributed by atoms with van der Waals surface area (Å²) >= 11 is 1.84. The molecule has 1 N–H and O–H groups in total. The van der Waals surface area contributed by atoms with Gasteiger partial charge in [-0.15, -0.1) is 0 Å². The molecule has 0 amide bonds. The second kappa shape index (κ2) is 3.97. The monoisotopic (exact) mass is 173 g/mol. The fraction of sp³-hybridized carbons (Fsp3) is 0.857. The summed E-state index contributed by atoms with van der Waals surface area (Å²) in [5.41, 5.74) is 3.15. The van der Waals surface area contributed by atoms with Crippen molar-refractivity contribution in [3.63, 3.8) is 0 Å². The van der Waals surface area contributed by atoms with Crippen LogP contribution in [0.4, 0.5) is 0 Å². The topological polar surface area (TPSA) is 27.6 Å². The number of aliphatic imine (C=N–C) groups is 1. The SMILES string of the molecule is CCC1CN=C(NN(C)C)S1. The maximum absolute atomic E-state index is 4.35. The third-order valence-corrected chi connectivity index (χ3v) is 2.75. The van der Waals surface area contributed by atoms with Crippen LogP contribution in [0.25, 0.3) is 0 Å². The van der Waals surface area contributed by atoms with E-state index in [-0.39, 0.29) is 0 Å². The van der Waals surface area contributed by atoms with Gasteiger partial charge in [0.05, 0.1) is 6.54 Å². The number of amidine groups is 1. The zero-order valence-electron chi connectivity index (χ0n) is 7.29. The first-order valence-corrected chi connectivity index (χ1v) is 4.75. The highest BCUT2D eigenvalue weighted by atomic mass is 32.2. The van der Waals surface area contributed by atoms with Crippen LogP contribution in [0.5, 0.6) is 0 Å². The Kier molecular flexibility index (Phi) is 3.20. The summed E-state index contributed by atoms with van der Waals surface area (Å²) in [5.74, 6) is 0. The van der Waals surface area contributed by atoms with Gasteiger partial charge in [-0.05, 0) is 6.42 Å². The van der Waals surface area contributed by atoms with E-state index in [0.29, 0.717) is 5.25 Å². The quantitative estimate of drug-likeness (QED) is 0.630. The predicted molar refractivity (Wildman–Crippen MR) is 50.8 cm³/mol. The molecule has 0 saturated heterocycles. The van der Waals surface area contributed by atoms with Gasteiger partial charge in [-0.25, -0.2) is 5.01 Å². The average Bonchev–Trinajstić information content (AvgIpc) is 2.34. The van der Waals surface area contributed by atoms with Crippen LogP contribution in [-0.2, 0) is 0 Å². The normalized spacial score (nSPS) is 24.0. The van der Waals surface area contributed by atoms with E-state index in [1.165, 1.54) is 6.42 Å². The molecule has 4 heteroatoms. The summed E-state index contributed by atoms with van der Waals surface area (Å²) in [7, 11) is 3.95. The van der Waals surface area contributed by atoms with E-state index < -0.39 is 0 Å². The molecule has 0 spiro atoms. The molecule has 1 aliphatic rings. The second-order valence-electron chi connectivity index (χ2n) is 2.80. The van der Waals surface area contributed by atoms with E-state index in [9.17, 15) is 0 Å². The Morgan fingerprint density at radius 1 is 1.73 bits per heavy atom. The fourth-order valence-electron chi connectivity index (χ4n) is 0.883. The molecule has 64 valence electrons. The number of thioether (sulfide) groups is 1. The lowest BCUT2D eigenvalue weighted by Gasteiger charge is -2.12. The Labute approximate surface area is 72.2 Å². The van der Waals surface area contributed by atoms with E-state index in [0.717, 1.165) is 11.7 Å². The molecule has 0 fully saturated rings. The Balaban J connectivity index is 2.28. The van der Waals surface area contributed by atoms with Gasteiger partial charge in [0.25, 0.3) is 0 Å². The zero-order valence-corrected chi connectivity index (χ0v) is 8.11. The molecule has 1 heterocycles. The Morgan fingerprint density at radius 3 is 2.91 bits per heavy atom. The lowest BCUT2D eigenvalue weighted by molar-refractivity contribution is 0.366. The summed E-state index contributed by atoms with van der Waals surface area (Å²) < 4.78 is 0. The van der Waals surface area contributed by atoms with Gasteiger partial charge in [0.15, 0.2) is 5.17 Å². The maximum Gasteiger partial charge on any atom is 0.171 e. The van der Waals surface area contributed by atoms with Crippen LogP contribution >= 0.6 is 11.8 Å². The van der Waals surface area contributed by atoms with Gasteiger partial charge in [-0.3, -0.25) is 10.4 Å². The second-order valence-corrected chi connectivity index (χ2v) is 4.09. The molecule has 1 atom stereocenters. The summed E-state index contributed by atoms with van der Waals surface area (Å²) in [6.07, 6.45) is 1.20. The van der Waals surface area contributed by atoms with E-state index in [1.807, 2.05) is 30.9 Å². The van der Waals surface area contributed by atoms with E-state index in [2.05, 4.69) is 17.3 Å². The third kappa shape index (κ3) is 2.71.